The van der Waals surface area contributed by atoms with Crippen molar-refractivity contribution in [3.8, 4) is 5.75 Å². The van der Waals surface area contributed by atoms with Gasteiger partial charge in [-0.25, -0.2) is 4.79 Å². The van der Waals surface area contributed by atoms with Crippen molar-refractivity contribution < 1.29 is 14.6 Å². The molecule has 0 heterocycles. The molecule has 0 spiro atoms. The minimum absolute atomic E-state index is 0.283. The molecular formula is C16H22N2O3. The zero-order valence-corrected chi connectivity index (χ0v) is 12.1. The van der Waals surface area contributed by atoms with E-state index >= 15 is 0 Å². The normalized spacial score (nSPS) is 15.7. The molecular weight excluding hydrogens is 268 g/mol. The molecule has 3 N–H and O–H groups in total. The number of carbonyl (C=O) groups excluding carboxylic acids is 1. The maximum absolute atomic E-state index is 11.7. The first kappa shape index (κ1) is 15.4. The van der Waals surface area contributed by atoms with Gasteiger partial charge in [0.05, 0.1) is 5.60 Å². The van der Waals surface area contributed by atoms with Gasteiger partial charge < -0.3 is 20.5 Å². The molecule has 1 aliphatic rings. The Kier molecular flexibility index (Phi) is 5.22. The Morgan fingerprint density at radius 2 is 2.14 bits per heavy atom. The fourth-order valence-electron chi connectivity index (χ4n) is 2.18. The van der Waals surface area contributed by atoms with Crippen LogP contribution in [0.1, 0.15) is 24.8 Å². The van der Waals surface area contributed by atoms with Crippen LogP contribution >= 0.6 is 0 Å². The molecule has 1 fully saturated rings. The highest BCUT2D eigenvalue weighted by Gasteiger charge is 2.34. The Hall–Kier alpha value is -2.01. The van der Waals surface area contributed by atoms with Crippen LogP contribution in [0.4, 0.5) is 4.79 Å². The van der Waals surface area contributed by atoms with Crippen LogP contribution in [0.25, 0.3) is 0 Å². The van der Waals surface area contributed by atoms with Crippen molar-refractivity contribution in [3.05, 3.63) is 42.5 Å². The molecule has 0 unspecified atom stereocenters. The molecule has 0 aromatic heterocycles. The Morgan fingerprint density at radius 3 is 2.81 bits per heavy atom. The highest BCUT2D eigenvalue weighted by Crippen LogP contribution is 2.30. The first-order chi connectivity index (χ1) is 10.1. The van der Waals surface area contributed by atoms with Gasteiger partial charge in [-0.15, -0.1) is 0 Å². The van der Waals surface area contributed by atoms with Crippen molar-refractivity contribution in [2.75, 3.05) is 13.2 Å². The van der Waals surface area contributed by atoms with Gasteiger partial charge in [0.15, 0.2) is 0 Å². The van der Waals surface area contributed by atoms with Gasteiger partial charge in [-0.2, -0.15) is 0 Å². The largest absolute Gasteiger partial charge is 0.489 e. The predicted octanol–water partition coefficient (Wildman–Crippen LogP) is 1.97. The second-order valence-electron chi connectivity index (χ2n) is 5.32. The molecule has 1 aromatic carbocycles. The van der Waals surface area contributed by atoms with Crippen LogP contribution in [-0.4, -0.2) is 29.9 Å². The molecule has 1 saturated carbocycles. The summed E-state index contributed by atoms with van der Waals surface area (Å²) in [5.41, 5.74) is 0.194. The quantitative estimate of drug-likeness (QED) is 0.672. The summed E-state index contributed by atoms with van der Waals surface area (Å²) in [5, 5.41) is 15.4. The summed E-state index contributed by atoms with van der Waals surface area (Å²) in [4.78, 5) is 11.7. The summed E-state index contributed by atoms with van der Waals surface area (Å²) in [6, 6.07) is 7.25. The summed E-state index contributed by atoms with van der Waals surface area (Å²) in [6.07, 6.45) is 4.21. The summed E-state index contributed by atoms with van der Waals surface area (Å²) in [6.45, 7) is 4.71. The number of ether oxygens (including phenoxy) is 1. The van der Waals surface area contributed by atoms with Crippen LogP contribution in [0.15, 0.2) is 36.9 Å². The fraction of sp³-hybridized carbons (Fsp3) is 0.438. The fourth-order valence-corrected chi connectivity index (χ4v) is 2.18. The number of nitrogens with one attached hydrogen (secondary N) is 2. The van der Waals surface area contributed by atoms with Crippen LogP contribution in [-0.2, 0) is 6.54 Å². The Balaban J connectivity index is 1.79. The van der Waals surface area contributed by atoms with Crippen molar-refractivity contribution >= 4 is 6.03 Å². The van der Waals surface area contributed by atoms with E-state index in [4.69, 9.17) is 4.74 Å². The molecule has 0 aliphatic heterocycles. The first-order valence-corrected chi connectivity index (χ1v) is 7.19. The van der Waals surface area contributed by atoms with Crippen molar-refractivity contribution in [1.82, 2.24) is 10.6 Å². The Bertz CT molecular complexity index is 498. The van der Waals surface area contributed by atoms with Crippen molar-refractivity contribution in [1.29, 1.82) is 0 Å². The van der Waals surface area contributed by atoms with Gasteiger partial charge in [0, 0.05) is 18.7 Å². The summed E-state index contributed by atoms with van der Waals surface area (Å²) >= 11 is 0. The van der Waals surface area contributed by atoms with Gasteiger partial charge >= 0.3 is 6.03 Å². The number of amides is 2. The number of hydrogen-bond acceptors (Lipinski definition) is 3. The molecule has 114 valence electrons. The van der Waals surface area contributed by atoms with E-state index in [0.29, 0.717) is 19.7 Å². The van der Waals surface area contributed by atoms with E-state index in [1.165, 1.54) is 0 Å². The van der Waals surface area contributed by atoms with E-state index in [1.807, 2.05) is 24.3 Å². The molecule has 5 nitrogen and oxygen atoms in total. The lowest BCUT2D eigenvalue weighted by atomic mass is 9.80. The average molecular weight is 290 g/mol. The van der Waals surface area contributed by atoms with Crippen LogP contribution in [0.3, 0.4) is 0 Å². The van der Waals surface area contributed by atoms with Gasteiger partial charge in [0.2, 0.25) is 0 Å². The summed E-state index contributed by atoms with van der Waals surface area (Å²) in [7, 11) is 0. The molecule has 5 heteroatoms. The molecule has 0 radical (unpaired) electrons. The minimum atomic E-state index is -0.706. The highest BCUT2D eigenvalue weighted by atomic mass is 16.5. The lowest BCUT2D eigenvalue weighted by Crippen LogP contribution is -2.49. The molecule has 0 bridgehead atoms. The van der Waals surface area contributed by atoms with E-state index in [1.54, 1.807) is 6.08 Å². The van der Waals surface area contributed by atoms with Crippen LogP contribution in [0, 0.1) is 0 Å². The number of urea groups is 1. The van der Waals surface area contributed by atoms with E-state index in [9.17, 15) is 9.90 Å². The molecule has 21 heavy (non-hydrogen) atoms. The second kappa shape index (κ2) is 7.13. The van der Waals surface area contributed by atoms with E-state index in [0.717, 1.165) is 30.6 Å². The van der Waals surface area contributed by atoms with Gasteiger partial charge in [0.1, 0.15) is 12.4 Å². The van der Waals surface area contributed by atoms with Gasteiger partial charge in [-0.1, -0.05) is 30.9 Å². The smallest absolute Gasteiger partial charge is 0.315 e. The lowest BCUT2D eigenvalue weighted by molar-refractivity contribution is -0.0290. The predicted molar refractivity (Wildman–Crippen MR) is 81.2 cm³/mol. The van der Waals surface area contributed by atoms with Crippen LogP contribution in [0.2, 0.25) is 0 Å². The number of rotatable bonds is 7. The monoisotopic (exact) mass is 290 g/mol. The van der Waals surface area contributed by atoms with E-state index < -0.39 is 5.60 Å². The van der Waals surface area contributed by atoms with Gasteiger partial charge in [0.25, 0.3) is 0 Å². The molecule has 2 rings (SSSR count). The molecule has 1 aromatic rings. The molecule has 0 saturated heterocycles. The minimum Gasteiger partial charge on any atom is -0.489 e. The van der Waals surface area contributed by atoms with Crippen molar-refractivity contribution in [2.24, 2.45) is 0 Å². The maximum Gasteiger partial charge on any atom is 0.315 e. The number of carbonyl (C=O) groups is 1. The van der Waals surface area contributed by atoms with Gasteiger partial charge in [-0.05, 0) is 25.3 Å². The third-order valence-electron chi connectivity index (χ3n) is 3.63. The zero-order valence-electron chi connectivity index (χ0n) is 12.1. The standard InChI is InChI=1S/C16H22N2O3/c1-2-10-21-14-7-4-3-6-13(14)11-17-15(19)18-12-16(20)8-5-9-16/h2-4,6-7,20H,1,5,8-12H2,(H2,17,18,19). The Labute approximate surface area is 125 Å². The Morgan fingerprint density at radius 1 is 1.38 bits per heavy atom. The molecule has 0 atom stereocenters. The third kappa shape index (κ3) is 4.49. The zero-order chi connectivity index (χ0) is 15.1. The summed E-state index contributed by atoms with van der Waals surface area (Å²) in [5.74, 6) is 0.732. The number of benzene rings is 1. The number of para-hydroxylation sites is 1. The topological polar surface area (TPSA) is 70.6 Å². The van der Waals surface area contributed by atoms with Crippen molar-refractivity contribution in [3.63, 3.8) is 0 Å². The van der Waals surface area contributed by atoms with Crippen molar-refractivity contribution in [2.45, 2.75) is 31.4 Å². The second-order valence-corrected chi connectivity index (χ2v) is 5.32. The SMILES string of the molecule is C=CCOc1ccccc1CNC(=O)NCC1(O)CCC1. The van der Waals surface area contributed by atoms with Gasteiger partial charge in [-0.3, -0.25) is 0 Å². The maximum atomic E-state index is 11.7. The van der Waals surface area contributed by atoms with Crippen LogP contribution in [0.5, 0.6) is 5.75 Å². The molecule has 2 amide bonds. The van der Waals surface area contributed by atoms with E-state index in [-0.39, 0.29) is 6.03 Å². The lowest BCUT2D eigenvalue weighted by Gasteiger charge is -2.36. The average Bonchev–Trinajstić information content (AvgIpc) is 2.47. The number of aliphatic hydroxyl groups is 1. The van der Waals surface area contributed by atoms with Crippen LogP contribution < -0.4 is 15.4 Å². The summed E-state index contributed by atoms with van der Waals surface area (Å²) < 4.78 is 5.53. The highest BCUT2D eigenvalue weighted by molar-refractivity contribution is 5.74. The number of hydrogen-bond donors (Lipinski definition) is 3. The van der Waals surface area contributed by atoms with E-state index in [2.05, 4.69) is 17.2 Å². The first-order valence-electron chi connectivity index (χ1n) is 7.19. The molecule has 1 aliphatic carbocycles. The third-order valence-corrected chi connectivity index (χ3v) is 3.63.